The first-order chi connectivity index (χ1) is 4.25. The molecule has 0 atom stereocenters. The molecule has 0 N–H and O–H groups in total. The minimum atomic E-state index is 0.750. The minimum Gasteiger partial charge on any atom is -0.360 e. The SMILES string of the molecule is Cc1noc(CBr)c1C. The van der Waals surface area contributed by atoms with Crippen LogP contribution in [-0.2, 0) is 5.33 Å². The molecule has 0 unspecified atom stereocenters. The van der Waals surface area contributed by atoms with Gasteiger partial charge in [-0.25, -0.2) is 0 Å². The molecule has 0 aliphatic carbocycles. The van der Waals surface area contributed by atoms with Gasteiger partial charge in [-0.1, -0.05) is 21.1 Å². The van der Waals surface area contributed by atoms with Gasteiger partial charge in [0.25, 0.3) is 0 Å². The Labute approximate surface area is 62.4 Å². The quantitative estimate of drug-likeness (QED) is 0.634. The van der Waals surface area contributed by atoms with E-state index in [2.05, 4.69) is 21.1 Å². The predicted octanol–water partition coefficient (Wildman–Crippen LogP) is 2.19. The number of hydrogen-bond acceptors (Lipinski definition) is 2. The monoisotopic (exact) mass is 189 g/mol. The maximum Gasteiger partial charge on any atom is 0.150 e. The Morgan fingerprint density at radius 1 is 1.56 bits per heavy atom. The fourth-order valence-corrected chi connectivity index (χ4v) is 1.11. The van der Waals surface area contributed by atoms with Crippen LogP contribution in [0, 0.1) is 13.8 Å². The van der Waals surface area contributed by atoms with E-state index >= 15 is 0 Å². The number of aromatic nitrogens is 1. The van der Waals surface area contributed by atoms with Gasteiger partial charge >= 0.3 is 0 Å². The van der Waals surface area contributed by atoms with Crippen LogP contribution < -0.4 is 0 Å². The Bertz CT molecular complexity index is 207. The van der Waals surface area contributed by atoms with E-state index in [0.29, 0.717) is 0 Å². The summed E-state index contributed by atoms with van der Waals surface area (Å²) in [6.45, 7) is 3.94. The van der Waals surface area contributed by atoms with E-state index in [1.54, 1.807) is 0 Å². The number of hydrogen-bond donors (Lipinski definition) is 0. The van der Waals surface area contributed by atoms with Gasteiger partial charge in [-0.3, -0.25) is 0 Å². The lowest BCUT2D eigenvalue weighted by atomic mass is 10.2. The van der Waals surface area contributed by atoms with Crippen molar-refractivity contribution in [1.82, 2.24) is 5.16 Å². The van der Waals surface area contributed by atoms with E-state index in [1.165, 1.54) is 0 Å². The van der Waals surface area contributed by atoms with Gasteiger partial charge in [-0.2, -0.15) is 0 Å². The van der Waals surface area contributed by atoms with E-state index < -0.39 is 0 Å². The van der Waals surface area contributed by atoms with Gasteiger partial charge in [-0.05, 0) is 13.8 Å². The summed E-state index contributed by atoms with van der Waals surface area (Å²) in [5, 5.41) is 4.53. The molecular weight excluding hydrogens is 182 g/mol. The molecule has 0 aromatic carbocycles. The second-order valence-electron chi connectivity index (χ2n) is 1.95. The summed E-state index contributed by atoms with van der Waals surface area (Å²) in [5.41, 5.74) is 2.12. The normalized spacial score (nSPS) is 10.1. The zero-order valence-electron chi connectivity index (χ0n) is 5.44. The topological polar surface area (TPSA) is 26.0 Å². The van der Waals surface area contributed by atoms with Crippen LogP contribution in [0.25, 0.3) is 0 Å². The van der Waals surface area contributed by atoms with E-state index in [0.717, 1.165) is 22.3 Å². The van der Waals surface area contributed by atoms with Crippen molar-refractivity contribution in [3.05, 3.63) is 17.0 Å². The zero-order chi connectivity index (χ0) is 6.85. The lowest BCUT2D eigenvalue weighted by molar-refractivity contribution is 0.391. The maximum absolute atomic E-state index is 4.95. The first kappa shape index (κ1) is 6.81. The van der Waals surface area contributed by atoms with Crippen molar-refractivity contribution < 1.29 is 4.52 Å². The molecule has 0 saturated heterocycles. The summed E-state index contributed by atoms with van der Waals surface area (Å²) in [5.74, 6) is 0.924. The minimum absolute atomic E-state index is 0.750. The lowest BCUT2D eigenvalue weighted by Crippen LogP contribution is -1.76. The van der Waals surface area contributed by atoms with E-state index in [9.17, 15) is 0 Å². The fraction of sp³-hybridized carbons (Fsp3) is 0.500. The Kier molecular flexibility index (Phi) is 1.90. The number of nitrogens with zero attached hydrogens (tertiary/aromatic N) is 1. The molecule has 0 aliphatic rings. The van der Waals surface area contributed by atoms with E-state index in [4.69, 9.17) is 4.52 Å². The lowest BCUT2D eigenvalue weighted by Gasteiger charge is -1.85. The Balaban J connectivity index is 3.04. The van der Waals surface area contributed by atoms with Crippen LogP contribution in [0.2, 0.25) is 0 Å². The summed E-state index contributed by atoms with van der Waals surface area (Å²) in [4.78, 5) is 0. The summed E-state index contributed by atoms with van der Waals surface area (Å²) < 4.78 is 4.95. The van der Waals surface area contributed by atoms with Crippen molar-refractivity contribution in [3.8, 4) is 0 Å². The van der Waals surface area contributed by atoms with Gasteiger partial charge in [-0.15, -0.1) is 0 Å². The second-order valence-corrected chi connectivity index (χ2v) is 2.51. The summed E-state index contributed by atoms with van der Waals surface area (Å²) in [7, 11) is 0. The van der Waals surface area contributed by atoms with Crippen molar-refractivity contribution in [2.75, 3.05) is 0 Å². The molecule has 0 aliphatic heterocycles. The van der Waals surface area contributed by atoms with Crippen molar-refractivity contribution in [2.24, 2.45) is 0 Å². The summed E-state index contributed by atoms with van der Waals surface area (Å²) >= 11 is 3.29. The van der Waals surface area contributed by atoms with Crippen LogP contribution >= 0.6 is 15.9 Å². The maximum atomic E-state index is 4.95. The zero-order valence-corrected chi connectivity index (χ0v) is 7.03. The van der Waals surface area contributed by atoms with Crippen LogP contribution in [-0.4, -0.2) is 5.16 Å². The molecule has 9 heavy (non-hydrogen) atoms. The van der Waals surface area contributed by atoms with Gasteiger partial charge in [0, 0.05) is 5.56 Å². The molecule has 0 spiro atoms. The average molecular weight is 190 g/mol. The highest BCUT2D eigenvalue weighted by Crippen LogP contribution is 2.13. The van der Waals surface area contributed by atoms with Gasteiger partial charge in [0.1, 0.15) is 5.76 Å². The molecule has 1 rings (SSSR count). The smallest absolute Gasteiger partial charge is 0.150 e. The standard InChI is InChI=1S/C6H8BrNO/c1-4-5(2)8-9-6(4)3-7/h3H2,1-2H3. The average Bonchev–Trinajstić information content (AvgIpc) is 2.15. The van der Waals surface area contributed by atoms with Gasteiger partial charge < -0.3 is 4.52 Å². The molecule has 1 aromatic heterocycles. The molecule has 50 valence electrons. The Hall–Kier alpha value is -0.310. The van der Waals surface area contributed by atoms with Crippen LogP contribution in [0.1, 0.15) is 17.0 Å². The molecule has 0 bridgehead atoms. The van der Waals surface area contributed by atoms with Crippen molar-refractivity contribution in [1.29, 1.82) is 0 Å². The molecule has 1 heterocycles. The van der Waals surface area contributed by atoms with Crippen LogP contribution in [0.15, 0.2) is 4.52 Å². The van der Waals surface area contributed by atoms with Gasteiger partial charge in [0.05, 0.1) is 11.0 Å². The molecular formula is C6H8BrNO. The number of halogens is 1. The molecule has 0 saturated carbocycles. The van der Waals surface area contributed by atoms with Crippen molar-refractivity contribution >= 4 is 15.9 Å². The highest BCUT2D eigenvalue weighted by Gasteiger charge is 2.04. The third-order valence-corrected chi connectivity index (χ3v) is 1.88. The van der Waals surface area contributed by atoms with Gasteiger partial charge in [0.15, 0.2) is 0 Å². The summed E-state index contributed by atoms with van der Waals surface area (Å²) in [6.07, 6.45) is 0. The van der Waals surface area contributed by atoms with Crippen molar-refractivity contribution in [2.45, 2.75) is 19.2 Å². The second kappa shape index (κ2) is 2.52. The highest BCUT2D eigenvalue weighted by atomic mass is 79.9. The predicted molar refractivity (Wildman–Crippen MR) is 38.6 cm³/mol. The number of rotatable bonds is 1. The molecule has 0 amide bonds. The first-order valence-electron chi connectivity index (χ1n) is 2.73. The third kappa shape index (κ3) is 1.15. The number of alkyl halides is 1. The van der Waals surface area contributed by atoms with E-state index in [1.807, 2.05) is 13.8 Å². The van der Waals surface area contributed by atoms with Crippen LogP contribution in [0.5, 0.6) is 0 Å². The first-order valence-corrected chi connectivity index (χ1v) is 3.85. The van der Waals surface area contributed by atoms with Gasteiger partial charge in [0.2, 0.25) is 0 Å². The van der Waals surface area contributed by atoms with Crippen LogP contribution in [0.3, 0.4) is 0 Å². The third-order valence-electron chi connectivity index (χ3n) is 1.38. The fourth-order valence-electron chi connectivity index (χ4n) is 0.587. The molecule has 0 radical (unpaired) electrons. The Morgan fingerprint density at radius 2 is 2.22 bits per heavy atom. The van der Waals surface area contributed by atoms with E-state index in [-0.39, 0.29) is 0 Å². The summed E-state index contributed by atoms with van der Waals surface area (Å²) in [6, 6.07) is 0. The molecule has 2 nitrogen and oxygen atoms in total. The molecule has 1 aromatic rings. The Morgan fingerprint density at radius 3 is 2.44 bits per heavy atom. The molecule has 3 heteroatoms. The molecule has 0 fully saturated rings. The number of aryl methyl sites for hydroxylation is 1. The van der Waals surface area contributed by atoms with Crippen molar-refractivity contribution in [3.63, 3.8) is 0 Å². The largest absolute Gasteiger partial charge is 0.360 e. The highest BCUT2D eigenvalue weighted by molar-refractivity contribution is 9.08. The van der Waals surface area contributed by atoms with Crippen LogP contribution in [0.4, 0.5) is 0 Å².